The molecule has 10 heteroatoms. The van der Waals surface area contributed by atoms with E-state index in [4.69, 9.17) is 5.11 Å². The van der Waals surface area contributed by atoms with Crippen molar-refractivity contribution in [3.8, 4) is 0 Å². The molecule has 0 aliphatic carbocycles. The molecule has 0 unspecified atom stereocenters. The number of rotatable bonds is 6. The SMILES string of the molecule is O=C1C(SCCO)=C(c2ccc([N+](=O)[O-])cc2)C(=O)N1c1ccc(F)c(F)c1. The lowest BCUT2D eigenvalue weighted by atomic mass is 10.1. The Morgan fingerprint density at radius 3 is 2.29 bits per heavy atom. The van der Waals surface area contributed by atoms with Gasteiger partial charge in [-0.1, -0.05) is 0 Å². The molecule has 0 radical (unpaired) electrons. The molecule has 0 atom stereocenters. The van der Waals surface area contributed by atoms with Crippen LogP contribution in [0, 0.1) is 21.7 Å². The molecule has 0 fully saturated rings. The standard InChI is InChI=1S/C18H12F2N2O5S/c19-13-6-5-12(9-14(13)20)21-17(24)15(16(18(21)25)28-8-7-23)10-1-3-11(4-2-10)22(26)27/h1-6,9,23H,7-8H2. The number of hydrogen-bond donors (Lipinski definition) is 1. The molecule has 1 aliphatic heterocycles. The van der Waals surface area contributed by atoms with Gasteiger partial charge < -0.3 is 5.11 Å². The number of imide groups is 1. The second-order valence-electron chi connectivity index (χ2n) is 5.62. The number of carbonyl (C=O) groups excluding carboxylic acids is 2. The highest BCUT2D eigenvalue weighted by Gasteiger charge is 2.40. The smallest absolute Gasteiger partial charge is 0.272 e. The van der Waals surface area contributed by atoms with Crippen molar-refractivity contribution in [2.24, 2.45) is 0 Å². The van der Waals surface area contributed by atoms with E-state index in [1.807, 2.05) is 0 Å². The first-order chi connectivity index (χ1) is 13.3. The summed E-state index contributed by atoms with van der Waals surface area (Å²) in [5, 5.41) is 19.9. The zero-order valence-electron chi connectivity index (χ0n) is 14.1. The van der Waals surface area contributed by atoms with E-state index in [1.165, 1.54) is 24.3 Å². The summed E-state index contributed by atoms with van der Waals surface area (Å²) in [7, 11) is 0. The van der Waals surface area contributed by atoms with Gasteiger partial charge in [0.15, 0.2) is 11.6 Å². The molecule has 1 aliphatic rings. The minimum absolute atomic E-state index is 0.0117. The van der Waals surface area contributed by atoms with E-state index in [0.717, 1.165) is 30.0 Å². The Morgan fingerprint density at radius 2 is 1.71 bits per heavy atom. The highest BCUT2D eigenvalue weighted by atomic mass is 32.2. The third kappa shape index (κ3) is 3.51. The number of aliphatic hydroxyl groups excluding tert-OH is 1. The Hall–Kier alpha value is -3.11. The van der Waals surface area contributed by atoms with Gasteiger partial charge in [0.05, 0.1) is 27.7 Å². The fourth-order valence-electron chi connectivity index (χ4n) is 2.65. The van der Waals surface area contributed by atoms with E-state index in [-0.39, 0.29) is 39.8 Å². The van der Waals surface area contributed by atoms with Crippen molar-refractivity contribution in [2.75, 3.05) is 17.3 Å². The number of nitrogens with zero attached hydrogens (tertiary/aromatic N) is 2. The summed E-state index contributed by atoms with van der Waals surface area (Å²) in [6, 6.07) is 7.66. The molecule has 1 N–H and O–H groups in total. The van der Waals surface area contributed by atoms with Crippen molar-refractivity contribution < 1.29 is 28.4 Å². The number of non-ortho nitro benzene ring substituents is 1. The summed E-state index contributed by atoms with van der Waals surface area (Å²) in [5.41, 5.74) is -0.103. The van der Waals surface area contributed by atoms with Crippen LogP contribution in [0.25, 0.3) is 5.57 Å². The topological polar surface area (TPSA) is 101 Å². The van der Waals surface area contributed by atoms with Gasteiger partial charge in [-0.3, -0.25) is 19.7 Å². The number of benzene rings is 2. The fraction of sp³-hybridized carbons (Fsp3) is 0.111. The summed E-state index contributed by atoms with van der Waals surface area (Å²) < 4.78 is 26.8. The predicted octanol–water partition coefficient (Wildman–Crippen LogP) is 2.88. The van der Waals surface area contributed by atoms with Gasteiger partial charge in [0, 0.05) is 24.0 Å². The van der Waals surface area contributed by atoms with Gasteiger partial charge >= 0.3 is 0 Å². The van der Waals surface area contributed by atoms with Crippen LogP contribution in [-0.2, 0) is 9.59 Å². The average Bonchev–Trinajstić information content (AvgIpc) is 2.92. The molecular formula is C18H12F2N2O5S. The number of aliphatic hydroxyl groups is 1. The van der Waals surface area contributed by atoms with E-state index in [9.17, 15) is 28.5 Å². The number of nitro groups is 1. The molecule has 3 rings (SSSR count). The minimum Gasteiger partial charge on any atom is -0.396 e. The van der Waals surface area contributed by atoms with Crippen LogP contribution in [0.3, 0.4) is 0 Å². The third-order valence-electron chi connectivity index (χ3n) is 3.91. The summed E-state index contributed by atoms with van der Waals surface area (Å²) >= 11 is 0.931. The lowest BCUT2D eigenvalue weighted by molar-refractivity contribution is -0.384. The van der Waals surface area contributed by atoms with Gasteiger partial charge in [-0.2, -0.15) is 0 Å². The lowest BCUT2D eigenvalue weighted by Crippen LogP contribution is -2.31. The molecule has 144 valence electrons. The maximum absolute atomic E-state index is 13.6. The predicted molar refractivity (Wildman–Crippen MR) is 98.4 cm³/mol. The highest BCUT2D eigenvalue weighted by Crippen LogP contribution is 2.38. The highest BCUT2D eigenvalue weighted by molar-refractivity contribution is 8.04. The van der Waals surface area contributed by atoms with Crippen LogP contribution in [0.1, 0.15) is 5.56 Å². The van der Waals surface area contributed by atoms with Crippen LogP contribution in [-0.4, -0.2) is 34.2 Å². The second kappa shape index (κ2) is 7.87. The minimum atomic E-state index is -1.22. The van der Waals surface area contributed by atoms with E-state index < -0.39 is 28.4 Å². The van der Waals surface area contributed by atoms with Crippen molar-refractivity contribution in [1.29, 1.82) is 0 Å². The van der Waals surface area contributed by atoms with E-state index in [0.29, 0.717) is 4.90 Å². The first kappa shape index (κ1) is 19.6. The van der Waals surface area contributed by atoms with Gasteiger partial charge in [-0.05, 0) is 29.8 Å². The molecule has 7 nitrogen and oxygen atoms in total. The van der Waals surface area contributed by atoms with E-state index in [2.05, 4.69) is 0 Å². The van der Waals surface area contributed by atoms with Gasteiger partial charge in [0.2, 0.25) is 0 Å². The zero-order chi connectivity index (χ0) is 20.4. The first-order valence-corrected chi connectivity index (χ1v) is 8.90. The molecule has 0 aromatic heterocycles. The van der Waals surface area contributed by atoms with Gasteiger partial charge in [0.25, 0.3) is 17.5 Å². The van der Waals surface area contributed by atoms with Crippen LogP contribution in [0.15, 0.2) is 47.4 Å². The number of thioether (sulfide) groups is 1. The Kier molecular flexibility index (Phi) is 5.52. The van der Waals surface area contributed by atoms with Crippen molar-refractivity contribution in [3.63, 3.8) is 0 Å². The number of hydrogen-bond acceptors (Lipinski definition) is 6. The third-order valence-corrected chi connectivity index (χ3v) is 4.96. The van der Waals surface area contributed by atoms with Crippen LogP contribution in [0.4, 0.5) is 20.2 Å². The molecule has 0 spiro atoms. The average molecular weight is 406 g/mol. The Labute approximate surface area is 161 Å². The van der Waals surface area contributed by atoms with Gasteiger partial charge in [-0.15, -0.1) is 11.8 Å². The van der Waals surface area contributed by atoms with Gasteiger partial charge in [0.1, 0.15) is 0 Å². The summed E-state index contributed by atoms with van der Waals surface area (Å²) in [5.74, 6) is -3.74. The Bertz CT molecular complexity index is 1010. The summed E-state index contributed by atoms with van der Waals surface area (Å²) in [4.78, 5) is 36.7. The lowest BCUT2D eigenvalue weighted by Gasteiger charge is -2.15. The molecule has 0 saturated heterocycles. The quantitative estimate of drug-likeness (QED) is 0.450. The fourth-order valence-corrected chi connectivity index (χ4v) is 3.51. The molecular weight excluding hydrogens is 394 g/mol. The van der Waals surface area contributed by atoms with Crippen LogP contribution < -0.4 is 4.90 Å². The van der Waals surface area contributed by atoms with Crippen molar-refractivity contribution in [1.82, 2.24) is 0 Å². The van der Waals surface area contributed by atoms with Crippen molar-refractivity contribution in [2.45, 2.75) is 0 Å². The van der Waals surface area contributed by atoms with Crippen LogP contribution in [0.2, 0.25) is 0 Å². The molecule has 2 aromatic rings. The molecule has 2 aromatic carbocycles. The Balaban J connectivity index is 2.06. The zero-order valence-corrected chi connectivity index (χ0v) is 14.9. The van der Waals surface area contributed by atoms with E-state index in [1.54, 1.807) is 0 Å². The van der Waals surface area contributed by atoms with Crippen molar-refractivity contribution >= 4 is 40.5 Å². The van der Waals surface area contributed by atoms with Gasteiger partial charge in [-0.25, -0.2) is 13.7 Å². The molecule has 1 heterocycles. The molecule has 28 heavy (non-hydrogen) atoms. The number of nitro benzene ring substituents is 1. The maximum atomic E-state index is 13.6. The largest absolute Gasteiger partial charge is 0.396 e. The maximum Gasteiger partial charge on any atom is 0.272 e. The molecule has 0 saturated carbocycles. The number of halogens is 2. The molecule has 0 bridgehead atoms. The summed E-state index contributed by atoms with van der Waals surface area (Å²) in [6.45, 7) is -0.256. The van der Waals surface area contributed by atoms with Crippen LogP contribution in [0.5, 0.6) is 0 Å². The Morgan fingerprint density at radius 1 is 1.04 bits per heavy atom. The molecule has 2 amide bonds. The monoisotopic (exact) mass is 406 g/mol. The number of anilines is 1. The first-order valence-electron chi connectivity index (χ1n) is 7.91. The second-order valence-corrected chi connectivity index (χ2v) is 6.73. The summed E-state index contributed by atoms with van der Waals surface area (Å²) in [6.07, 6.45) is 0. The number of amides is 2. The normalized spacial score (nSPS) is 14.2. The van der Waals surface area contributed by atoms with Crippen molar-refractivity contribution in [3.05, 3.63) is 74.7 Å². The number of carbonyl (C=O) groups is 2. The van der Waals surface area contributed by atoms with E-state index >= 15 is 0 Å². The van der Waals surface area contributed by atoms with Crippen LogP contribution >= 0.6 is 11.8 Å².